The van der Waals surface area contributed by atoms with E-state index >= 15 is 0 Å². The largest absolute Gasteiger partial charge is 0.379 e. The SMILES string of the molecule is COC(C)(C)CCNCc1ccccn1. The molecule has 0 unspecified atom stereocenters. The number of hydrogen-bond donors (Lipinski definition) is 1. The van der Waals surface area contributed by atoms with Crippen LogP contribution in [0, 0.1) is 0 Å². The van der Waals surface area contributed by atoms with Crippen molar-refractivity contribution in [1.82, 2.24) is 10.3 Å². The van der Waals surface area contributed by atoms with Crippen LogP contribution in [-0.4, -0.2) is 24.2 Å². The minimum atomic E-state index is -0.0445. The lowest BCUT2D eigenvalue weighted by atomic mass is 10.1. The molecule has 1 aromatic rings. The fourth-order valence-electron chi connectivity index (χ4n) is 1.21. The average Bonchev–Trinajstić information content (AvgIpc) is 2.26. The van der Waals surface area contributed by atoms with Gasteiger partial charge < -0.3 is 10.1 Å². The summed E-state index contributed by atoms with van der Waals surface area (Å²) in [6.07, 6.45) is 2.81. The molecule has 0 spiro atoms. The van der Waals surface area contributed by atoms with Crippen molar-refractivity contribution in [1.29, 1.82) is 0 Å². The normalized spacial score (nSPS) is 11.7. The van der Waals surface area contributed by atoms with Crippen LogP contribution in [0.4, 0.5) is 0 Å². The molecule has 1 aromatic heterocycles. The molecule has 0 aliphatic carbocycles. The Balaban J connectivity index is 2.18. The Labute approximate surface area is 91.9 Å². The van der Waals surface area contributed by atoms with Gasteiger partial charge in [-0.3, -0.25) is 4.98 Å². The number of nitrogens with zero attached hydrogens (tertiary/aromatic N) is 1. The topological polar surface area (TPSA) is 34.1 Å². The molecule has 0 amide bonds. The second-order valence-electron chi connectivity index (χ2n) is 4.21. The standard InChI is InChI=1S/C12H20N2O/c1-12(2,15-3)7-9-13-10-11-6-4-5-8-14-11/h4-6,8,13H,7,9-10H2,1-3H3. The summed E-state index contributed by atoms with van der Waals surface area (Å²) >= 11 is 0. The van der Waals surface area contributed by atoms with Crippen LogP contribution in [0.2, 0.25) is 0 Å². The third-order valence-electron chi connectivity index (χ3n) is 2.49. The summed E-state index contributed by atoms with van der Waals surface area (Å²) in [5, 5.41) is 3.35. The fraction of sp³-hybridized carbons (Fsp3) is 0.583. The highest BCUT2D eigenvalue weighted by molar-refractivity contribution is 5.02. The van der Waals surface area contributed by atoms with E-state index in [0.29, 0.717) is 0 Å². The van der Waals surface area contributed by atoms with E-state index in [0.717, 1.165) is 25.2 Å². The Hall–Kier alpha value is -0.930. The van der Waals surface area contributed by atoms with E-state index in [1.807, 2.05) is 24.4 Å². The van der Waals surface area contributed by atoms with E-state index in [-0.39, 0.29) is 5.60 Å². The molecular weight excluding hydrogens is 188 g/mol. The Bertz CT molecular complexity index is 272. The first kappa shape index (κ1) is 12.1. The van der Waals surface area contributed by atoms with Gasteiger partial charge in [-0.15, -0.1) is 0 Å². The number of hydrogen-bond acceptors (Lipinski definition) is 3. The van der Waals surface area contributed by atoms with Crippen LogP contribution in [0.5, 0.6) is 0 Å². The van der Waals surface area contributed by atoms with Crippen molar-refractivity contribution in [2.75, 3.05) is 13.7 Å². The predicted octanol–water partition coefficient (Wildman–Crippen LogP) is 1.99. The number of pyridine rings is 1. The fourth-order valence-corrected chi connectivity index (χ4v) is 1.21. The molecule has 1 rings (SSSR count). The summed E-state index contributed by atoms with van der Waals surface area (Å²) < 4.78 is 5.33. The van der Waals surface area contributed by atoms with Crippen molar-refractivity contribution >= 4 is 0 Å². The molecule has 84 valence electrons. The van der Waals surface area contributed by atoms with E-state index in [4.69, 9.17) is 4.74 Å². The summed E-state index contributed by atoms with van der Waals surface area (Å²) in [6.45, 7) is 5.95. The van der Waals surface area contributed by atoms with Crippen molar-refractivity contribution in [2.24, 2.45) is 0 Å². The van der Waals surface area contributed by atoms with E-state index in [9.17, 15) is 0 Å². The van der Waals surface area contributed by atoms with Gasteiger partial charge in [-0.1, -0.05) is 6.07 Å². The molecule has 0 aliphatic heterocycles. The first-order valence-corrected chi connectivity index (χ1v) is 5.30. The van der Waals surface area contributed by atoms with E-state index in [1.165, 1.54) is 0 Å². The van der Waals surface area contributed by atoms with Gasteiger partial charge in [0.05, 0.1) is 11.3 Å². The van der Waals surface area contributed by atoms with Crippen LogP contribution in [0.1, 0.15) is 26.0 Å². The number of rotatable bonds is 6. The number of aromatic nitrogens is 1. The third kappa shape index (κ3) is 4.91. The summed E-state index contributed by atoms with van der Waals surface area (Å²) in [7, 11) is 1.75. The zero-order chi connectivity index (χ0) is 11.1. The van der Waals surface area contributed by atoms with E-state index in [2.05, 4.69) is 24.1 Å². The molecule has 0 saturated carbocycles. The van der Waals surface area contributed by atoms with Gasteiger partial charge in [0.15, 0.2) is 0 Å². The van der Waals surface area contributed by atoms with Crippen LogP contribution in [-0.2, 0) is 11.3 Å². The van der Waals surface area contributed by atoms with Gasteiger partial charge in [0.25, 0.3) is 0 Å². The molecule has 1 N–H and O–H groups in total. The zero-order valence-electron chi connectivity index (χ0n) is 9.79. The van der Waals surface area contributed by atoms with Crippen molar-refractivity contribution in [3.05, 3.63) is 30.1 Å². The molecule has 3 heteroatoms. The quantitative estimate of drug-likeness (QED) is 0.726. The summed E-state index contributed by atoms with van der Waals surface area (Å²) in [4.78, 5) is 4.24. The van der Waals surface area contributed by atoms with Crippen molar-refractivity contribution in [3.8, 4) is 0 Å². The molecule has 0 aromatic carbocycles. The van der Waals surface area contributed by atoms with Crippen molar-refractivity contribution < 1.29 is 4.74 Å². The molecule has 0 radical (unpaired) electrons. The number of ether oxygens (including phenoxy) is 1. The molecule has 0 atom stereocenters. The van der Waals surface area contributed by atoms with Gasteiger partial charge in [-0.2, -0.15) is 0 Å². The Morgan fingerprint density at radius 3 is 2.80 bits per heavy atom. The first-order chi connectivity index (χ1) is 7.14. The number of nitrogens with one attached hydrogen (secondary N) is 1. The molecule has 1 heterocycles. The number of methoxy groups -OCH3 is 1. The van der Waals surface area contributed by atoms with Crippen molar-refractivity contribution in [2.45, 2.75) is 32.4 Å². The smallest absolute Gasteiger partial charge is 0.0634 e. The lowest BCUT2D eigenvalue weighted by Crippen LogP contribution is -2.28. The summed E-state index contributed by atoms with van der Waals surface area (Å²) in [5.41, 5.74) is 1.03. The average molecular weight is 208 g/mol. The van der Waals surface area contributed by atoms with Crippen LogP contribution in [0.3, 0.4) is 0 Å². The molecule has 0 fully saturated rings. The molecule has 3 nitrogen and oxygen atoms in total. The van der Waals surface area contributed by atoms with Gasteiger partial charge in [0, 0.05) is 19.9 Å². The first-order valence-electron chi connectivity index (χ1n) is 5.30. The van der Waals surface area contributed by atoms with E-state index in [1.54, 1.807) is 7.11 Å². The lowest BCUT2D eigenvalue weighted by Gasteiger charge is -2.22. The minimum Gasteiger partial charge on any atom is -0.379 e. The highest BCUT2D eigenvalue weighted by Gasteiger charge is 2.14. The minimum absolute atomic E-state index is 0.0445. The predicted molar refractivity (Wildman–Crippen MR) is 61.6 cm³/mol. The third-order valence-corrected chi connectivity index (χ3v) is 2.49. The van der Waals surface area contributed by atoms with Gasteiger partial charge in [-0.25, -0.2) is 0 Å². The second kappa shape index (κ2) is 5.83. The van der Waals surface area contributed by atoms with Crippen LogP contribution in [0.25, 0.3) is 0 Å². The summed E-state index contributed by atoms with van der Waals surface area (Å²) in [6, 6.07) is 5.95. The maximum absolute atomic E-state index is 5.33. The maximum Gasteiger partial charge on any atom is 0.0634 e. The van der Waals surface area contributed by atoms with Crippen LogP contribution in [0.15, 0.2) is 24.4 Å². The monoisotopic (exact) mass is 208 g/mol. The Kier molecular flexibility index (Phi) is 4.72. The molecule has 15 heavy (non-hydrogen) atoms. The molecule has 0 bridgehead atoms. The maximum atomic E-state index is 5.33. The lowest BCUT2D eigenvalue weighted by molar-refractivity contribution is 0.0158. The Morgan fingerprint density at radius 1 is 1.40 bits per heavy atom. The highest BCUT2D eigenvalue weighted by atomic mass is 16.5. The van der Waals surface area contributed by atoms with Gasteiger partial charge >= 0.3 is 0 Å². The van der Waals surface area contributed by atoms with Crippen molar-refractivity contribution in [3.63, 3.8) is 0 Å². The van der Waals surface area contributed by atoms with E-state index < -0.39 is 0 Å². The van der Waals surface area contributed by atoms with Crippen LogP contribution >= 0.6 is 0 Å². The van der Waals surface area contributed by atoms with Gasteiger partial charge in [0.1, 0.15) is 0 Å². The van der Waals surface area contributed by atoms with Gasteiger partial charge in [0.2, 0.25) is 0 Å². The highest BCUT2D eigenvalue weighted by Crippen LogP contribution is 2.11. The zero-order valence-corrected chi connectivity index (χ0v) is 9.79. The summed E-state index contributed by atoms with van der Waals surface area (Å²) in [5.74, 6) is 0. The molecule has 0 aliphatic rings. The van der Waals surface area contributed by atoms with Crippen LogP contribution < -0.4 is 5.32 Å². The van der Waals surface area contributed by atoms with Gasteiger partial charge in [-0.05, 0) is 38.9 Å². The second-order valence-corrected chi connectivity index (χ2v) is 4.21. The molecule has 0 saturated heterocycles. The Morgan fingerprint density at radius 2 is 2.20 bits per heavy atom. The molecular formula is C12H20N2O.